The van der Waals surface area contributed by atoms with Gasteiger partial charge in [-0.25, -0.2) is 4.79 Å². The normalized spacial score (nSPS) is 19.8. The van der Waals surface area contributed by atoms with Crippen LogP contribution in [-0.2, 0) is 14.3 Å². The van der Waals surface area contributed by atoms with Crippen LogP contribution in [0.15, 0.2) is 0 Å². The average Bonchev–Trinajstić information content (AvgIpc) is 2.67. The van der Waals surface area contributed by atoms with E-state index < -0.39 is 54.0 Å². The highest BCUT2D eigenvalue weighted by Gasteiger charge is 2.70. The van der Waals surface area contributed by atoms with Gasteiger partial charge in [0.25, 0.3) is 5.60 Å². The lowest BCUT2D eigenvalue weighted by Crippen LogP contribution is -2.60. The van der Waals surface area contributed by atoms with Crippen molar-refractivity contribution in [2.75, 3.05) is 20.3 Å². The van der Waals surface area contributed by atoms with Gasteiger partial charge >= 0.3 is 18.3 Å². The van der Waals surface area contributed by atoms with Gasteiger partial charge in [0.05, 0.1) is 19.3 Å². The van der Waals surface area contributed by atoms with Crippen LogP contribution >= 0.6 is 0 Å². The minimum atomic E-state index is -5.94. The second kappa shape index (κ2) is 11.1. The molecule has 5 nitrogen and oxygen atoms in total. The number of esters is 1. The standard InChI is InChI=1S/C22H37F6NO4/c1-15(11-20(31,21(23,24)25)22(26,27)28)33-14-19(29-5,13-18(2,3)4)17(30)32-12-16-9-7-6-8-10-16/h15-16,29,31H,6-14H2,1-5H3. The molecule has 2 atom stereocenters. The number of hydrogen-bond acceptors (Lipinski definition) is 5. The Morgan fingerprint density at radius 1 is 1.03 bits per heavy atom. The second-order valence-corrected chi connectivity index (χ2v) is 10.4. The number of halogens is 6. The SMILES string of the molecule is CNC(COC(C)CC(O)(C(F)(F)F)C(F)(F)F)(CC(C)(C)C)C(=O)OCC1CCCCC1. The Morgan fingerprint density at radius 2 is 1.55 bits per heavy atom. The van der Waals surface area contributed by atoms with Gasteiger partial charge in [-0.2, -0.15) is 26.3 Å². The Labute approximate surface area is 191 Å². The number of carbonyl (C=O) groups is 1. The molecule has 0 aromatic rings. The Balaban J connectivity index is 2.97. The van der Waals surface area contributed by atoms with Gasteiger partial charge in [-0.1, -0.05) is 40.0 Å². The highest BCUT2D eigenvalue weighted by molar-refractivity contribution is 5.81. The fourth-order valence-electron chi connectivity index (χ4n) is 4.19. The van der Waals surface area contributed by atoms with Crippen molar-refractivity contribution in [3.8, 4) is 0 Å². The maximum atomic E-state index is 13.1. The van der Waals surface area contributed by atoms with E-state index in [9.17, 15) is 36.2 Å². The zero-order chi connectivity index (χ0) is 25.7. The van der Waals surface area contributed by atoms with Crippen molar-refractivity contribution in [3.63, 3.8) is 0 Å². The Hall–Kier alpha value is -1.07. The van der Waals surface area contributed by atoms with Gasteiger partial charge < -0.3 is 19.9 Å². The van der Waals surface area contributed by atoms with E-state index in [-0.39, 0.29) is 18.9 Å². The minimum Gasteiger partial charge on any atom is -0.464 e. The van der Waals surface area contributed by atoms with Gasteiger partial charge in [-0.15, -0.1) is 0 Å². The minimum absolute atomic E-state index is 0.162. The zero-order valence-corrected chi connectivity index (χ0v) is 20.0. The molecule has 0 amide bonds. The van der Waals surface area contributed by atoms with Gasteiger partial charge in [0.1, 0.15) is 5.54 Å². The highest BCUT2D eigenvalue weighted by Crippen LogP contribution is 2.46. The monoisotopic (exact) mass is 493 g/mol. The first-order valence-corrected chi connectivity index (χ1v) is 11.2. The summed E-state index contributed by atoms with van der Waals surface area (Å²) in [5.41, 5.74) is -6.85. The summed E-state index contributed by atoms with van der Waals surface area (Å²) in [7, 11) is 1.46. The topological polar surface area (TPSA) is 67.8 Å². The van der Waals surface area contributed by atoms with E-state index in [0.29, 0.717) is 0 Å². The van der Waals surface area contributed by atoms with E-state index in [4.69, 9.17) is 9.47 Å². The van der Waals surface area contributed by atoms with Crippen LogP contribution in [0, 0.1) is 11.3 Å². The lowest BCUT2D eigenvalue weighted by atomic mass is 9.80. The van der Waals surface area contributed by atoms with E-state index in [0.717, 1.165) is 39.0 Å². The third-order valence-electron chi connectivity index (χ3n) is 6.01. The van der Waals surface area contributed by atoms with Gasteiger partial charge in [-0.05, 0) is 44.6 Å². The van der Waals surface area contributed by atoms with Gasteiger partial charge in [0.15, 0.2) is 0 Å². The summed E-state index contributed by atoms with van der Waals surface area (Å²) in [6.07, 6.45) is -10.0. The van der Waals surface area contributed by atoms with E-state index in [1.54, 1.807) is 0 Å². The maximum Gasteiger partial charge on any atom is 0.426 e. The van der Waals surface area contributed by atoms with Crippen LogP contribution in [0.4, 0.5) is 26.3 Å². The Kier molecular flexibility index (Phi) is 10.1. The van der Waals surface area contributed by atoms with Gasteiger partial charge in [0.2, 0.25) is 0 Å². The molecule has 2 unspecified atom stereocenters. The summed E-state index contributed by atoms with van der Waals surface area (Å²) < 4.78 is 89.0. The molecule has 1 fully saturated rings. The first-order valence-electron chi connectivity index (χ1n) is 11.2. The Morgan fingerprint density at radius 3 is 1.97 bits per heavy atom. The molecule has 11 heteroatoms. The summed E-state index contributed by atoms with van der Waals surface area (Å²) in [4.78, 5) is 13.1. The van der Waals surface area contributed by atoms with Crippen LogP contribution in [-0.4, -0.2) is 60.9 Å². The van der Waals surface area contributed by atoms with Crippen LogP contribution in [0.5, 0.6) is 0 Å². The molecule has 0 spiro atoms. The molecular weight excluding hydrogens is 456 g/mol. The molecule has 0 radical (unpaired) electrons. The van der Waals surface area contributed by atoms with Crippen molar-refractivity contribution in [1.29, 1.82) is 0 Å². The lowest BCUT2D eigenvalue weighted by molar-refractivity contribution is -0.374. The van der Waals surface area contributed by atoms with Crippen molar-refractivity contribution in [2.45, 2.75) is 102 Å². The molecule has 33 heavy (non-hydrogen) atoms. The van der Waals surface area contributed by atoms with Gasteiger partial charge in [0, 0.05) is 6.42 Å². The van der Waals surface area contributed by atoms with E-state index in [1.807, 2.05) is 20.8 Å². The smallest absolute Gasteiger partial charge is 0.426 e. The predicted octanol–water partition coefficient (Wildman–Crippen LogP) is 5.16. The predicted molar refractivity (Wildman–Crippen MR) is 110 cm³/mol. The molecule has 0 aromatic carbocycles. The molecule has 0 saturated heterocycles. The van der Waals surface area contributed by atoms with Crippen molar-refractivity contribution >= 4 is 5.97 Å². The third-order valence-corrected chi connectivity index (χ3v) is 6.01. The van der Waals surface area contributed by atoms with Crippen molar-refractivity contribution in [1.82, 2.24) is 5.32 Å². The number of alkyl halides is 6. The first-order chi connectivity index (χ1) is 14.9. The second-order valence-electron chi connectivity index (χ2n) is 10.4. The molecule has 2 N–H and O–H groups in total. The quantitative estimate of drug-likeness (QED) is 0.325. The van der Waals surface area contributed by atoms with Crippen LogP contribution in [0.2, 0.25) is 0 Å². The maximum absolute atomic E-state index is 13.1. The number of aliphatic hydroxyl groups is 1. The van der Waals surface area contributed by atoms with E-state index in [2.05, 4.69) is 5.32 Å². The summed E-state index contributed by atoms with van der Waals surface area (Å²) in [6, 6.07) is 0. The molecule has 1 saturated carbocycles. The first kappa shape index (κ1) is 30.0. The van der Waals surface area contributed by atoms with Crippen LogP contribution in [0.1, 0.15) is 72.6 Å². The fourth-order valence-corrected chi connectivity index (χ4v) is 4.19. The summed E-state index contributed by atoms with van der Waals surface area (Å²) in [5, 5.41) is 12.3. The fraction of sp³-hybridized carbons (Fsp3) is 0.955. The summed E-state index contributed by atoms with van der Waals surface area (Å²) in [5.74, 6) is -0.445. The summed E-state index contributed by atoms with van der Waals surface area (Å²) >= 11 is 0. The number of likely N-dealkylation sites (N-methyl/N-ethyl adjacent to an activating group) is 1. The number of nitrogens with one attached hydrogen (secondary N) is 1. The molecule has 196 valence electrons. The van der Waals surface area contributed by atoms with Crippen molar-refractivity contribution in [3.05, 3.63) is 0 Å². The van der Waals surface area contributed by atoms with Crippen molar-refractivity contribution in [2.24, 2.45) is 11.3 Å². The van der Waals surface area contributed by atoms with Crippen LogP contribution in [0.3, 0.4) is 0 Å². The van der Waals surface area contributed by atoms with Crippen LogP contribution in [0.25, 0.3) is 0 Å². The highest BCUT2D eigenvalue weighted by atomic mass is 19.4. The molecule has 0 bridgehead atoms. The lowest BCUT2D eigenvalue weighted by Gasteiger charge is -2.38. The number of carbonyl (C=O) groups excluding carboxylic acids is 1. The average molecular weight is 494 g/mol. The molecule has 1 rings (SSSR count). The number of hydrogen-bond donors (Lipinski definition) is 2. The number of rotatable bonds is 10. The van der Waals surface area contributed by atoms with E-state index >= 15 is 0 Å². The third kappa shape index (κ3) is 8.28. The largest absolute Gasteiger partial charge is 0.464 e. The molecule has 0 heterocycles. The molecule has 1 aliphatic rings. The molecule has 1 aliphatic carbocycles. The molecule has 0 aliphatic heterocycles. The van der Waals surface area contributed by atoms with Crippen molar-refractivity contribution < 1.29 is 45.7 Å². The van der Waals surface area contributed by atoms with Gasteiger partial charge in [-0.3, -0.25) is 0 Å². The zero-order valence-electron chi connectivity index (χ0n) is 20.0. The molecule has 0 aromatic heterocycles. The molecular formula is C22H37F6NO4. The Bertz CT molecular complexity index is 612. The van der Waals surface area contributed by atoms with Crippen LogP contribution < -0.4 is 5.32 Å². The number of ether oxygens (including phenoxy) is 2. The van der Waals surface area contributed by atoms with E-state index in [1.165, 1.54) is 7.05 Å². The summed E-state index contributed by atoms with van der Waals surface area (Å²) in [6.45, 7) is 6.18.